The van der Waals surface area contributed by atoms with Crippen LogP contribution >= 0.6 is 0 Å². The fourth-order valence-corrected chi connectivity index (χ4v) is 3.08. The van der Waals surface area contributed by atoms with Crippen LogP contribution in [0.5, 0.6) is 0 Å². The van der Waals surface area contributed by atoms with Crippen LogP contribution in [-0.4, -0.2) is 36.1 Å². The Bertz CT molecular complexity index is 595. The molecule has 7 heteroatoms. The van der Waals surface area contributed by atoms with E-state index in [1.807, 2.05) is 0 Å². The highest BCUT2D eigenvalue weighted by molar-refractivity contribution is 5.86. The molecule has 1 N–H and O–H groups in total. The number of piperazine rings is 1. The van der Waals surface area contributed by atoms with Gasteiger partial charge in [-0.3, -0.25) is 4.79 Å². The molecule has 2 fully saturated rings. The Morgan fingerprint density at radius 3 is 2.39 bits per heavy atom. The van der Waals surface area contributed by atoms with Crippen molar-refractivity contribution in [1.82, 2.24) is 10.2 Å². The minimum atomic E-state index is -4.50. The van der Waals surface area contributed by atoms with Crippen LogP contribution in [0.2, 0.25) is 0 Å². The number of hydrogen-bond acceptors (Lipinski definition) is 2. The van der Waals surface area contributed by atoms with Gasteiger partial charge in [0.1, 0.15) is 11.2 Å². The van der Waals surface area contributed by atoms with Crippen molar-refractivity contribution in [2.45, 2.75) is 38.0 Å². The van der Waals surface area contributed by atoms with E-state index in [1.54, 1.807) is 19.1 Å². The van der Waals surface area contributed by atoms with Gasteiger partial charge < -0.3 is 10.2 Å². The summed E-state index contributed by atoms with van der Waals surface area (Å²) in [6, 6.07) is 5.18. The lowest BCUT2D eigenvalue weighted by Gasteiger charge is -2.41. The lowest BCUT2D eigenvalue weighted by atomic mass is 9.98. The Morgan fingerprint density at radius 1 is 1.26 bits per heavy atom. The van der Waals surface area contributed by atoms with Crippen molar-refractivity contribution in [2.75, 3.05) is 13.1 Å². The molecule has 23 heavy (non-hydrogen) atoms. The van der Waals surface area contributed by atoms with Gasteiger partial charge in [0.25, 0.3) is 0 Å². The number of nitrogens with zero attached hydrogens (tertiary/aromatic N) is 1. The summed E-state index contributed by atoms with van der Waals surface area (Å²) in [5, 5.41) is 3.20. The molecule has 0 bridgehead atoms. The molecule has 3 nitrogen and oxygen atoms in total. The summed E-state index contributed by atoms with van der Waals surface area (Å²) in [6.45, 7) is 2.30. The van der Waals surface area contributed by atoms with E-state index in [-0.39, 0.29) is 37.3 Å². The second-order valence-corrected chi connectivity index (χ2v) is 6.40. The average molecular weight is 330 g/mol. The number of carbonyl (C=O) groups is 1. The summed E-state index contributed by atoms with van der Waals surface area (Å²) < 4.78 is 52.6. The van der Waals surface area contributed by atoms with Gasteiger partial charge in [-0.2, -0.15) is 13.2 Å². The van der Waals surface area contributed by atoms with Crippen LogP contribution in [0.25, 0.3) is 0 Å². The van der Waals surface area contributed by atoms with Gasteiger partial charge >= 0.3 is 6.18 Å². The van der Waals surface area contributed by atoms with Gasteiger partial charge in [0.05, 0.1) is 0 Å². The molecule has 1 aromatic carbocycles. The standard InChI is InChI=1S/C16H18F4N2O/c1-10-8-21-13(11-2-4-12(17)5-3-11)9-22(10)14(23)15(6-7-15)16(18,19)20/h2-5,10,13,21H,6-9H2,1H3/t10-,13-/m1/s1. The van der Waals surface area contributed by atoms with Crippen molar-refractivity contribution in [3.63, 3.8) is 0 Å². The number of nitrogens with one attached hydrogen (secondary N) is 1. The van der Waals surface area contributed by atoms with Crippen LogP contribution in [0.3, 0.4) is 0 Å². The SMILES string of the molecule is C[C@@H]1CN[C@@H](c2ccc(F)cc2)CN1C(=O)C1(C(F)(F)F)CC1. The Hall–Kier alpha value is -1.63. The Kier molecular flexibility index (Phi) is 3.86. The van der Waals surface area contributed by atoms with E-state index in [4.69, 9.17) is 0 Å². The smallest absolute Gasteiger partial charge is 0.336 e. The van der Waals surface area contributed by atoms with Crippen molar-refractivity contribution < 1.29 is 22.4 Å². The third kappa shape index (κ3) is 2.82. The molecule has 2 aliphatic rings. The second kappa shape index (κ2) is 5.47. The highest BCUT2D eigenvalue weighted by Gasteiger charge is 2.69. The lowest BCUT2D eigenvalue weighted by Crippen LogP contribution is -2.57. The van der Waals surface area contributed by atoms with Gasteiger partial charge in [0, 0.05) is 25.2 Å². The maximum absolute atomic E-state index is 13.2. The van der Waals surface area contributed by atoms with Crippen molar-refractivity contribution >= 4 is 5.91 Å². The first-order chi connectivity index (χ1) is 10.7. The summed E-state index contributed by atoms with van der Waals surface area (Å²) in [6.07, 6.45) is -4.76. The molecule has 126 valence electrons. The van der Waals surface area contributed by atoms with E-state index in [2.05, 4.69) is 5.32 Å². The summed E-state index contributed by atoms with van der Waals surface area (Å²) >= 11 is 0. The number of amides is 1. The quantitative estimate of drug-likeness (QED) is 0.846. The van der Waals surface area contributed by atoms with Crippen LogP contribution in [0.1, 0.15) is 31.4 Å². The van der Waals surface area contributed by atoms with E-state index < -0.39 is 17.5 Å². The molecule has 2 atom stereocenters. The molecule has 0 unspecified atom stereocenters. The highest BCUT2D eigenvalue weighted by Crippen LogP contribution is 2.59. The first-order valence-electron chi connectivity index (χ1n) is 7.61. The largest absolute Gasteiger partial charge is 0.403 e. The summed E-state index contributed by atoms with van der Waals surface area (Å²) in [7, 11) is 0. The monoisotopic (exact) mass is 330 g/mol. The van der Waals surface area contributed by atoms with Crippen molar-refractivity contribution in [3.8, 4) is 0 Å². The molecule has 1 aliphatic carbocycles. The zero-order valence-corrected chi connectivity index (χ0v) is 12.7. The summed E-state index contributed by atoms with van der Waals surface area (Å²) in [5.41, 5.74) is -1.43. The number of carbonyl (C=O) groups excluding carboxylic acids is 1. The molecule has 1 heterocycles. The van der Waals surface area contributed by atoms with Crippen molar-refractivity contribution in [1.29, 1.82) is 0 Å². The van der Waals surface area contributed by atoms with Crippen LogP contribution < -0.4 is 5.32 Å². The summed E-state index contributed by atoms with van der Waals surface area (Å²) in [5.74, 6) is -1.20. The van der Waals surface area contributed by atoms with Crippen LogP contribution in [-0.2, 0) is 4.79 Å². The van der Waals surface area contributed by atoms with E-state index in [1.165, 1.54) is 17.0 Å². The third-order valence-corrected chi connectivity index (χ3v) is 4.81. The van der Waals surface area contributed by atoms with Gasteiger partial charge in [-0.1, -0.05) is 12.1 Å². The van der Waals surface area contributed by atoms with Gasteiger partial charge in [0.2, 0.25) is 5.91 Å². The van der Waals surface area contributed by atoms with Crippen molar-refractivity contribution in [3.05, 3.63) is 35.6 Å². The first kappa shape index (κ1) is 16.2. The molecule has 1 saturated heterocycles. The predicted octanol–water partition coefficient (Wildman–Crippen LogP) is 3.03. The molecular weight excluding hydrogens is 312 g/mol. The Labute approximate surface area is 131 Å². The van der Waals surface area contributed by atoms with Crippen LogP contribution in [0.15, 0.2) is 24.3 Å². The number of alkyl halides is 3. The topological polar surface area (TPSA) is 32.3 Å². The van der Waals surface area contributed by atoms with Gasteiger partial charge in [0.15, 0.2) is 0 Å². The zero-order valence-electron chi connectivity index (χ0n) is 12.7. The fraction of sp³-hybridized carbons (Fsp3) is 0.562. The van der Waals surface area contributed by atoms with Gasteiger partial charge in [-0.15, -0.1) is 0 Å². The Balaban J connectivity index is 1.79. The molecule has 0 aromatic heterocycles. The molecule has 1 aliphatic heterocycles. The summed E-state index contributed by atoms with van der Waals surface area (Å²) in [4.78, 5) is 13.8. The van der Waals surface area contributed by atoms with E-state index in [0.717, 1.165) is 5.56 Å². The first-order valence-corrected chi connectivity index (χ1v) is 7.61. The normalized spacial score (nSPS) is 26.9. The number of benzene rings is 1. The Morgan fingerprint density at radius 2 is 1.87 bits per heavy atom. The van der Waals surface area contributed by atoms with Crippen LogP contribution in [0, 0.1) is 11.2 Å². The number of rotatable bonds is 2. The highest BCUT2D eigenvalue weighted by atomic mass is 19.4. The minimum Gasteiger partial charge on any atom is -0.336 e. The van der Waals surface area contributed by atoms with Gasteiger partial charge in [-0.05, 0) is 37.5 Å². The fourth-order valence-electron chi connectivity index (χ4n) is 3.08. The molecular formula is C16H18F4N2O. The molecule has 1 amide bonds. The number of halogens is 4. The molecule has 1 saturated carbocycles. The number of hydrogen-bond donors (Lipinski definition) is 1. The minimum absolute atomic E-state index is 0.132. The second-order valence-electron chi connectivity index (χ2n) is 6.40. The third-order valence-electron chi connectivity index (χ3n) is 4.81. The lowest BCUT2D eigenvalue weighted by molar-refractivity contribution is -0.200. The van der Waals surface area contributed by atoms with Crippen molar-refractivity contribution in [2.24, 2.45) is 5.41 Å². The molecule has 0 radical (unpaired) electrons. The maximum atomic E-state index is 13.2. The zero-order chi connectivity index (χ0) is 16.8. The van der Waals surface area contributed by atoms with Crippen LogP contribution in [0.4, 0.5) is 17.6 Å². The van der Waals surface area contributed by atoms with E-state index >= 15 is 0 Å². The maximum Gasteiger partial charge on any atom is 0.403 e. The molecule has 1 aromatic rings. The predicted molar refractivity (Wildman–Crippen MR) is 76.0 cm³/mol. The molecule has 3 rings (SSSR count). The van der Waals surface area contributed by atoms with E-state index in [0.29, 0.717) is 6.54 Å². The molecule has 0 spiro atoms. The van der Waals surface area contributed by atoms with E-state index in [9.17, 15) is 22.4 Å². The van der Waals surface area contributed by atoms with Gasteiger partial charge in [-0.25, -0.2) is 4.39 Å². The average Bonchev–Trinajstić information content (AvgIpc) is 3.29.